The van der Waals surface area contributed by atoms with E-state index in [1.54, 1.807) is 0 Å². The lowest BCUT2D eigenvalue weighted by atomic mass is 10.0. The van der Waals surface area contributed by atoms with Crippen molar-refractivity contribution >= 4 is 17.0 Å². The van der Waals surface area contributed by atoms with Crippen molar-refractivity contribution < 1.29 is 4.79 Å². The summed E-state index contributed by atoms with van der Waals surface area (Å²) in [5.74, 6) is 0. The first-order valence-electron chi connectivity index (χ1n) is 6.24. The number of amides is 1. The fourth-order valence-electron chi connectivity index (χ4n) is 2.75. The van der Waals surface area contributed by atoms with Crippen molar-refractivity contribution in [3.05, 3.63) is 0 Å². The Morgan fingerprint density at radius 1 is 1.06 bits per heavy atom. The molecule has 2 fully saturated rings. The molecular formula is C11H20ClN3O. The fourth-order valence-corrected chi connectivity index (χ4v) is 2.86. The lowest BCUT2D eigenvalue weighted by Gasteiger charge is -2.43. The standard InChI is InChI=1S/C11H20ClN3O/c12-11(16)13-15-9-5-2-6-10(15)14-7-3-1-4-8-14/h10H,1-9H2,(H,13,16). The van der Waals surface area contributed by atoms with Crippen molar-refractivity contribution in [1.29, 1.82) is 0 Å². The van der Waals surface area contributed by atoms with Gasteiger partial charge >= 0.3 is 5.37 Å². The van der Waals surface area contributed by atoms with Crippen molar-refractivity contribution in [3.63, 3.8) is 0 Å². The molecule has 0 radical (unpaired) electrons. The molecule has 0 bridgehead atoms. The van der Waals surface area contributed by atoms with Crippen molar-refractivity contribution in [2.45, 2.75) is 44.7 Å². The zero-order valence-corrected chi connectivity index (χ0v) is 10.4. The average Bonchev–Trinajstić information content (AvgIpc) is 2.30. The summed E-state index contributed by atoms with van der Waals surface area (Å²) in [5, 5.41) is 1.55. The van der Waals surface area contributed by atoms with Gasteiger partial charge < -0.3 is 0 Å². The summed E-state index contributed by atoms with van der Waals surface area (Å²) in [6.07, 6.45) is 7.77. The summed E-state index contributed by atoms with van der Waals surface area (Å²) >= 11 is 5.41. The molecule has 0 saturated carbocycles. The van der Waals surface area contributed by atoms with Gasteiger partial charge in [0, 0.05) is 6.54 Å². The quantitative estimate of drug-likeness (QED) is 0.598. The van der Waals surface area contributed by atoms with Crippen LogP contribution in [0, 0.1) is 0 Å². The third kappa shape index (κ3) is 3.09. The van der Waals surface area contributed by atoms with Gasteiger partial charge in [0.05, 0.1) is 6.17 Å². The number of rotatable bonds is 2. The molecule has 2 aliphatic rings. The summed E-state index contributed by atoms with van der Waals surface area (Å²) in [4.78, 5) is 13.4. The predicted molar refractivity (Wildman–Crippen MR) is 64.2 cm³/mol. The number of hydrogen-bond donors (Lipinski definition) is 1. The molecular weight excluding hydrogens is 226 g/mol. The zero-order chi connectivity index (χ0) is 11.4. The van der Waals surface area contributed by atoms with Crippen LogP contribution in [-0.2, 0) is 0 Å². The molecule has 5 heteroatoms. The van der Waals surface area contributed by atoms with Gasteiger partial charge in [-0.05, 0) is 56.8 Å². The molecule has 2 heterocycles. The van der Waals surface area contributed by atoms with E-state index in [1.807, 2.05) is 5.01 Å². The van der Waals surface area contributed by atoms with Gasteiger partial charge in [0.1, 0.15) is 0 Å². The van der Waals surface area contributed by atoms with Crippen LogP contribution in [-0.4, -0.2) is 41.1 Å². The number of halogens is 1. The lowest BCUT2D eigenvalue weighted by Crippen LogP contribution is -2.57. The van der Waals surface area contributed by atoms with E-state index in [9.17, 15) is 4.79 Å². The highest BCUT2D eigenvalue weighted by Crippen LogP contribution is 2.22. The Morgan fingerprint density at radius 3 is 2.44 bits per heavy atom. The summed E-state index contributed by atoms with van der Waals surface area (Å²) in [6, 6.07) is 0. The highest BCUT2D eigenvalue weighted by atomic mass is 35.5. The SMILES string of the molecule is O=C(Cl)NN1CCCCC1N1CCCCC1. The minimum Gasteiger partial charge on any atom is -0.286 e. The van der Waals surface area contributed by atoms with Gasteiger partial charge in [-0.15, -0.1) is 0 Å². The van der Waals surface area contributed by atoms with Crippen molar-refractivity contribution in [2.75, 3.05) is 19.6 Å². The van der Waals surface area contributed by atoms with Crippen LogP contribution >= 0.6 is 11.6 Å². The van der Waals surface area contributed by atoms with Gasteiger partial charge in [0.25, 0.3) is 0 Å². The van der Waals surface area contributed by atoms with Crippen LogP contribution in [0.15, 0.2) is 0 Å². The Labute approximate surface area is 102 Å². The minimum absolute atomic E-state index is 0.358. The number of carbonyl (C=O) groups excluding carboxylic acids is 1. The molecule has 0 aromatic carbocycles. The summed E-state index contributed by atoms with van der Waals surface area (Å²) in [5.41, 5.74) is 2.75. The second-order valence-corrected chi connectivity index (χ2v) is 5.00. The summed E-state index contributed by atoms with van der Waals surface area (Å²) in [6.45, 7) is 3.22. The molecule has 2 rings (SSSR count). The van der Waals surface area contributed by atoms with Gasteiger partial charge in [-0.2, -0.15) is 0 Å². The van der Waals surface area contributed by atoms with Crippen molar-refractivity contribution in [2.24, 2.45) is 0 Å². The van der Waals surface area contributed by atoms with Crippen LogP contribution in [0.3, 0.4) is 0 Å². The third-order valence-electron chi connectivity index (χ3n) is 3.51. The van der Waals surface area contributed by atoms with E-state index in [2.05, 4.69) is 10.3 Å². The van der Waals surface area contributed by atoms with Gasteiger partial charge in [0.2, 0.25) is 0 Å². The monoisotopic (exact) mass is 245 g/mol. The van der Waals surface area contributed by atoms with E-state index in [-0.39, 0.29) is 0 Å². The summed E-state index contributed by atoms with van der Waals surface area (Å²) < 4.78 is 0. The average molecular weight is 246 g/mol. The van der Waals surface area contributed by atoms with Gasteiger partial charge in [0.15, 0.2) is 0 Å². The molecule has 2 saturated heterocycles. The molecule has 1 atom stereocenters. The Kier molecular flexibility index (Phi) is 4.44. The molecule has 0 spiro atoms. The van der Waals surface area contributed by atoms with Crippen LogP contribution in [0.5, 0.6) is 0 Å². The van der Waals surface area contributed by atoms with Gasteiger partial charge in [-0.25, -0.2) is 5.01 Å². The number of nitrogens with one attached hydrogen (secondary N) is 1. The lowest BCUT2D eigenvalue weighted by molar-refractivity contribution is -0.0179. The van der Waals surface area contributed by atoms with Crippen molar-refractivity contribution in [3.8, 4) is 0 Å². The molecule has 92 valence electrons. The highest BCUT2D eigenvalue weighted by molar-refractivity contribution is 6.62. The number of hydrogen-bond acceptors (Lipinski definition) is 3. The number of nitrogens with zero attached hydrogens (tertiary/aromatic N) is 2. The second kappa shape index (κ2) is 5.84. The zero-order valence-electron chi connectivity index (χ0n) is 9.62. The van der Waals surface area contributed by atoms with Crippen LogP contribution in [0.4, 0.5) is 4.79 Å². The maximum atomic E-state index is 10.9. The van der Waals surface area contributed by atoms with Crippen LogP contribution in [0.1, 0.15) is 38.5 Å². The molecule has 4 nitrogen and oxygen atoms in total. The number of piperidine rings is 2. The highest BCUT2D eigenvalue weighted by Gasteiger charge is 2.29. The molecule has 1 unspecified atom stereocenters. The number of carbonyl (C=O) groups is 1. The summed E-state index contributed by atoms with van der Waals surface area (Å²) in [7, 11) is 0. The van der Waals surface area contributed by atoms with E-state index < -0.39 is 5.37 Å². The Balaban J connectivity index is 1.94. The van der Waals surface area contributed by atoms with E-state index in [0.29, 0.717) is 6.17 Å². The molecule has 1 N–H and O–H groups in total. The second-order valence-electron chi connectivity index (χ2n) is 4.65. The first kappa shape index (κ1) is 12.1. The van der Waals surface area contributed by atoms with E-state index in [0.717, 1.165) is 32.5 Å². The number of hydrazine groups is 1. The Bertz CT molecular complexity index is 243. The van der Waals surface area contributed by atoms with E-state index >= 15 is 0 Å². The van der Waals surface area contributed by atoms with E-state index in [4.69, 9.17) is 11.6 Å². The van der Waals surface area contributed by atoms with E-state index in [1.165, 1.54) is 25.7 Å². The molecule has 0 aliphatic carbocycles. The molecule has 0 aromatic rings. The largest absolute Gasteiger partial charge is 0.328 e. The Hall–Kier alpha value is -0.320. The third-order valence-corrected chi connectivity index (χ3v) is 3.60. The Morgan fingerprint density at radius 2 is 1.75 bits per heavy atom. The first-order valence-corrected chi connectivity index (χ1v) is 6.62. The fraction of sp³-hybridized carbons (Fsp3) is 0.909. The molecule has 16 heavy (non-hydrogen) atoms. The maximum absolute atomic E-state index is 10.9. The first-order chi connectivity index (χ1) is 7.77. The van der Waals surface area contributed by atoms with Gasteiger partial charge in [-0.3, -0.25) is 15.1 Å². The van der Waals surface area contributed by atoms with Crippen LogP contribution in [0.2, 0.25) is 0 Å². The maximum Gasteiger partial charge on any atom is 0.328 e. The molecule has 0 aromatic heterocycles. The molecule has 2 aliphatic heterocycles. The van der Waals surface area contributed by atoms with Crippen LogP contribution < -0.4 is 5.43 Å². The molecule has 1 amide bonds. The van der Waals surface area contributed by atoms with Crippen LogP contribution in [0.25, 0.3) is 0 Å². The minimum atomic E-state index is -0.469. The van der Waals surface area contributed by atoms with Crippen molar-refractivity contribution in [1.82, 2.24) is 15.3 Å². The topological polar surface area (TPSA) is 35.6 Å². The smallest absolute Gasteiger partial charge is 0.286 e. The number of likely N-dealkylation sites (tertiary alicyclic amines) is 1. The predicted octanol–water partition coefficient (Wildman–Crippen LogP) is 2.15. The van der Waals surface area contributed by atoms with Gasteiger partial charge in [-0.1, -0.05) is 6.42 Å². The normalized spacial score (nSPS) is 28.9.